The summed E-state index contributed by atoms with van der Waals surface area (Å²) in [6.45, 7) is 6.07. The maximum atomic E-state index is 12.6. The average Bonchev–Trinajstić information content (AvgIpc) is 2.79. The summed E-state index contributed by atoms with van der Waals surface area (Å²) in [5.41, 5.74) is 0.654. The molecule has 2 nitrogen and oxygen atoms in total. The van der Waals surface area contributed by atoms with Gasteiger partial charge in [-0.3, -0.25) is 4.79 Å². The van der Waals surface area contributed by atoms with Crippen molar-refractivity contribution in [1.82, 2.24) is 5.32 Å². The molecular weight excluding hydrogens is 198 g/mol. The van der Waals surface area contributed by atoms with Crippen LogP contribution in [0.4, 0.5) is 0 Å². The monoisotopic (exact) mass is 217 g/mol. The van der Waals surface area contributed by atoms with Gasteiger partial charge in [-0.25, -0.2) is 0 Å². The Bertz CT molecular complexity index is 364. The second-order valence-electron chi connectivity index (χ2n) is 4.93. The molecule has 1 saturated heterocycles. The highest BCUT2D eigenvalue weighted by Gasteiger charge is 2.43. The molecule has 2 rings (SSSR count). The van der Waals surface area contributed by atoms with E-state index in [4.69, 9.17) is 0 Å². The van der Waals surface area contributed by atoms with Gasteiger partial charge in [0.15, 0.2) is 5.78 Å². The van der Waals surface area contributed by atoms with Crippen molar-refractivity contribution in [3.05, 3.63) is 35.9 Å². The Hall–Kier alpha value is -1.15. The van der Waals surface area contributed by atoms with Gasteiger partial charge in [0.25, 0.3) is 0 Å². The molecule has 0 radical (unpaired) electrons. The number of nitrogens with one attached hydrogen (secondary N) is 1. The van der Waals surface area contributed by atoms with Gasteiger partial charge in [0, 0.05) is 17.5 Å². The van der Waals surface area contributed by atoms with Crippen LogP contribution in [0.25, 0.3) is 0 Å². The van der Waals surface area contributed by atoms with Gasteiger partial charge in [-0.15, -0.1) is 0 Å². The highest BCUT2D eigenvalue weighted by atomic mass is 16.1. The topological polar surface area (TPSA) is 29.1 Å². The molecule has 1 aromatic rings. The fourth-order valence-corrected chi connectivity index (χ4v) is 2.54. The third-order valence-corrected chi connectivity index (χ3v) is 3.78. The van der Waals surface area contributed by atoms with Crippen molar-refractivity contribution in [3.63, 3.8) is 0 Å². The van der Waals surface area contributed by atoms with Crippen LogP contribution in [-0.2, 0) is 0 Å². The van der Waals surface area contributed by atoms with Crippen LogP contribution >= 0.6 is 0 Å². The van der Waals surface area contributed by atoms with E-state index in [2.05, 4.69) is 19.2 Å². The Morgan fingerprint density at radius 2 is 2.00 bits per heavy atom. The van der Waals surface area contributed by atoms with Crippen LogP contribution in [0, 0.1) is 11.3 Å². The van der Waals surface area contributed by atoms with E-state index in [0.29, 0.717) is 11.7 Å². The molecule has 0 saturated carbocycles. The second kappa shape index (κ2) is 4.38. The minimum Gasteiger partial charge on any atom is -0.316 e. The Balaban J connectivity index is 2.32. The lowest BCUT2D eigenvalue weighted by atomic mass is 9.71. The molecule has 1 aliphatic heterocycles. The molecule has 1 atom stereocenters. The van der Waals surface area contributed by atoms with E-state index in [9.17, 15) is 4.79 Å². The molecule has 1 aromatic carbocycles. The molecule has 1 heterocycles. The maximum Gasteiger partial charge on any atom is 0.170 e. The standard InChI is InChI=1S/C14H19NO/c1-11(2)14(8-9-15-10-14)13(16)12-6-4-3-5-7-12/h3-7,11,15H,8-10H2,1-2H3. The molecule has 1 fully saturated rings. The van der Waals surface area contributed by atoms with Crippen LogP contribution in [-0.4, -0.2) is 18.9 Å². The Labute approximate surface area is 97.1 Å². The average molecular weight is 217 g/mol. The van der Waals surface area contributed by atoms with Crippen molar-refractivity contribution < 1.29 is 4.79 Å². The first-order valence-corrected chi connectivity index (χ1v) is 5.97. The third-order valence-electron chi connectivity index (χ3n) is 3.78. The van der Waals surface area contributed by atoms with Crippen LogP contribution in [0.15, 0.2) is 30.3 Å². The van der Waals surface area contributed by atoms with Crippen LogP contribution in [0.1, 0.15) is 30.6 Å². The molecule has 0 aromatic heterocycles. The molecular formula is C14H19NO. The summed E-state index contributed by atoms with van der Waals surface area (Å²) in [6.07, 6.45) is 0.957. The van der Waals surface area contributed by atoms with E-state index in [1.807, 2.05) is 30.3 Å². The lowest BCUT2D eigenvalue weighted by Crippen LogP contribution is -2.38. The Morgan fingerprint density at radius 1 is 1.31 bits per heavy atom. The highest BCUT2D eigenvalue weighted by Crippen LogP contribution is 2.37. The van der Waals surface area contributed by atoms with Gasteiger partial charge in [-0.1, -0.05) is 44.2 Å². The SMILES string of the molecule is CC(C)C1(C(=O)c2ccccc2)CCNC1. The van der Waals surface area contributed by atoms with Crippen molar-refractivity contribution in [3.8, 4) is 0 Å². The molecule has 2 heteroatoms. The first-order chi connectivity index (χ1) is 7.67. The quantitative estimate of drug-likeness (QED) is 0.788. The molecule has 0 aliphatic carbocycles. The predicted molar refractivity (Wildman–Crippen MR) is 65.5 cm³/mol. The number of rotatable bonds is 3. The van der Waals surface area contributed by atoms with Gasteiger partial charge in [-0.2, -0.15) is 0 Å². The van der Waals surface area contributed by atoms with Gasteiger partial charge >= 0.3 is 0 Å². The van der Waals surface area contributed by atoms with Crippen molar-refractivity contribution >= 4 is 5.78 Å². The number of ketones is 1. The maximum absolute atomic E-state index is 12.6. The summed E-state index contributed by atoms with van der Waals surface area (Å²) >= 11 is 0. The van der Waals surface area contributed by atoms with E-state index < -0.39 is 0 Å². The van der Waals surface area contributed by atoms with Crippen LogP contribution in [0.2, 0.25) is 0 Å². The fourth-order valence-electron chi connectivity index (χ4n) is 2.54. The third kappa shape index (κ3) is 1.78. The molecule has 1 N–H and O–H groups in total. The van der Waals surface area contributed by atoms with E-state index in [1.54, 1.807) is 0 Å². The first-order valence-electron chi connectivity index (χ1n) is 5.97. The summed E-state index contributed by atoms with van der Waals surface area (Å²) in [7, 11) is 0. The lowest BCUT2D eigenvalue weighted by Gasteiger charge is -2.31. The van der Waals surface area contributed by atoms with Crippen molar-refractivity contribution in [2.75, 3.05) is 13.1 Å². The van der Waals surface area contributed by atoms with Gasteiger partial charge in [0.1, 0.15) is 0 Å². The zero-order valence-corrected chi connectivity index (χ0v) is 9.99. The summed E-state index contributed by atoms with van der Waals surface area (Å²) in [5, 5.41) is 3.32. The molecule has 16 heavy (non-hydrogen) atoms. The highest BCUT2D eigenvalue weighted by molar-refractivity contribution is 6.01. The summed E-state index contributed by atoms with van der Waals surface area (Å²) in [4.78, 5) is 12.6. The van der Waals surface area contributed by atoms with Crippen LogP contribution in [0.5, 0.6) is 0 Å². The summed E-state index contributed by atoms with van der Waals surface area (Å²) in [5.74, 6) is 0.684. The van der Waals surface area contributed by atoms with Crippen LogP contribution in [0.3, 0.4) is 0 Å². The fraction of sp³-hybridized carbons (Fsp3) is 0.500. The predicted octanol–water partition coefficient (Wildman–Crippen LogP) is 2.50. The van der Waals surface area contributed by atoms with E-state index in [-0.39, 0.29) is 5.41 Å². The first kappa shape index (κ1) is 11.3. The van der Waals surface area contributed by atoms with Gasteiger partial charge < -0.3 is 5.32 Å². The van der Waals surface area contributed by atoms with Gasteiger partial charge in [0.05, 0.1) is 0 Å². The molecule has 1 unspecified atom stereocenters. The summed E-state index contributed by atoms with van der Waals surface area (Å²) in [6, 6.07) is 9.66. The van der Waals surface area contributed by atoms with Gasteiger partial charge in [0.2, 0.25) is 0 Å². The number of Topliss-reactive ketones (excluding diaryl/α,β-unsaturated/α-hetero) is 1. The number of benzene rings is 1. The van der Waals surface area contributed by atoms with E-state index in [0.717, 1.165) is 25.1 Å². The minimum atomic E-state index is -0.193. The molecule has 0 spiro atoms. The zero-order chi connectivity index (χ0) is 11.6. The smallest absolute Gasteiger partial charge is 0.170 e. The lowest BCUT2D eigenvalue weighted by molar-refractivity contribution is 0.0740. The Kier molecular flexibility index (Phi) is 3.10. The number of carbonyl (C=O) groups is 1. The Morgan fingerprint density at radius 3 is 2.50 bits per heavy atom. The number of carbonyl (C=O) groups excluding carboxylic acids is 1. The van der Waals surface area contributed by atoms with E-state index >= 15 is 0 Å². The molecule has 86 valence electrons. The molecule has 0 amide bonds. The number of hydrogen-bond acceptors (Lipinski definition) is 2. The zero-order valence-electron chi connectivity index (χ0n) is 9.99. The largest absolute Gasteiger partial charge is 0.316 e. The van der Waals surface area contributed by atoms with Crippen molar-refractivity contribution in [1.29, 1.82) is 0 Å². The molecule has 0 bridgehead atoms. The van der Waals surface area contributed by atoms with Gasteiger partial charge in [-0.05, 0) is 18.9 Å². The molecule has 1 aliphatic rings. The van der Waals surface area contributed by atoms with E-state index in [1.165, 1.54) is 0 Å². The van der Waals surface area contributed by atoms with Crippen molar-refractivity contribution in [2.45, 2.75) is 20.3 Å². The minimum absolute atomic E-state index is 0.193. The number of hydrogen-bond donors (Lipinski definition) is 1. The van der Waals surface area contributed by atoms with Crippen LogP contribution < -0.4 is 5.32 Å². The second-order valence-corrected chi connectivity index (χ2v) is 4.93. The normalized spacial score (nSPS) is 24.9. The van der Waals surface area contributed by atoms with Crippen molar-refractivity contribution in [2.24, 2.45) is 11.3 Å². The summed E-state index contributed by atoms with van der Waals surface area (Å²) < 4.78 is 0.